The molecule has 0 unspecified atom stereocenters. The number of benzene rings is 1. The molecule has 0 bridgehead atoms. The van der Waals surface area contributed by atoms with Gasteiger partial charge in [0.1, 0.15) is 6.04 Å². The number of hydrogen-bond donors (Lipinski definition) is 2. The lowest BCUT2D eigenvalue weighted by Crippen LogP contribution is -2.44. The fourth-order valence-corrected chi connectivity index (χ4v) is 2.34. The highest BCUT2D eigenvalue weighted by atomic mass is 32.2. The van der Waals surface area contributed by atoms with Crippen molar-refractivity contribution in [3.63, 3.8) is 0 Å². The van der Waals surface area contributed by atoms with Gasteiger partial charge < -0.3 is 10.4 Å². The molecule has 0 aliphatic carbocycles. The van der Waals surface area contributed by atoms with Gasteiger partial charge in [-0.2, -0.15) is 11.8 Å². The van der Waals surface area contributed by atoms with Crippen molar-refractivity contribution in [2.75, 3.05) is 5.75 Å². The van der Waals surface area contributed by atoms with E-state index >= 15 is 0 Å². The molecule has 1 aromatic carbocycles. The van der Waals surface area contributed by atoms with Gasteiger partial charge in [0.25, 0.3) is 5.91 Å². The van der Waals surface area contributed by atoms with Crippen LogP contribution in [0.4, 0.5) is 0 Å². The predicted octanol–water partition coefficient (Wildman–Crippen LogP) is 2.78. The number of rotatable bonds is 7. The average molecular weight is 295 g/mol. The number of carbonyl (C=O) groups is 2. The Balaban J connectivity index is 2.69. The molecule has 1 aromatic rings. The van der Waals surface area contributed by atoms with Gasteiger partial charge in [-0.05, 0) is 29.4 Å². The number of carboxylic acids is 1. The quantitative estimate of drug-likeness (QED) is 0.811. The number of hydrogen-bond acceptors (Lipinski definition) is 3. The van der Waals surface area contributed by atoms with E-state index in [-0.39, 0.29) is 11.8 Å². The highest BCUT2D eigenvalue weighted by Crippen LogP contribution is 2.13. The van der Waals surface area contributed by atoms with Crippen LogP contribution in [0.3, 0.4) is 0 Å². The third-order valence-electron chi connectivity index (χ3n) is 2.91. The van der Waals surface area contributed by atoms with Gasteiger partial charge >= 0.3 is 5.97 Å². The summed E-state index contributed by atoms with van der Waals surface area (Å²) in [7, 11) is 0. The van der Waals surface area contributed by atoms with Crippen molar-refractivity contribution in [1.29, 1.82) is 0 Å². The Bertz CT molecular complexity index is 457. The number of aliphatic carboxylic acids is 1. The maximum absolute atomic E-state index is 12.0. The van der Waals surface area contributed by atoms with E-state index in [9.17, 15) is 9.59 Å². The lowest BCUT2D eigenvalue weighted by atomic mass is 10.0. The second-order valence-corrected chi connectivity index (χ2v) is 6.14. The summed E-state index contributed by atoms with van der Waals surface area (Å²) in [6.07, 6.45) is 0. The number of carboxylic acid groups (broad SMARTS) is 1. The molecule has 2 N–H and O–H groups in total. The summed E-state index contributed by atoms with van der Waals surface area (Å²) in [5.74, 6) is 0.459. The second kappa shape index (κ2) is 7.94. The Labute approximate surface area is 124 Å². The summed E-state index contributed by atoms with van der Waals surface area (Å²) >= 11 is 1.82. The fraction of sp³-hybridized carbons (Fsp3) is 0.467. The van der Waals surface area contributed by atoms with E-state index in [0.717, 1.165) is 17.1 Å². The number of amides is 1. The maximum Gasteiger partial charge on any atom is 0.326 e. The minimum Gasteiger partial charge on any atom is -0.480 e. The van der Waals surface area contributed by atoms with Gasteiger partial charge in [-0.1, -0.05) is 32.9 Å². The smallest absolute Gasteiger partial charge is 0.326 e. The molecule has 20 heavy (non-hydrogen) atoms. The summed E-state index contributed by atoms with van der Waals surface area (Å²) in [5.41, 5.74) is 1.65. The summed E-state index contributed by atoms with van der Waals surface area (Å²) in [5, 5.41) is 11.6. The molecule has 0 aliphatic heterocycles. The van der Waals surface area contributed by atoms with Crippen LogP contribution < -0.4 is 5.32 Å². The SMILES string of the molecule is CCSCc1ccc(C(=O)N[C@@H](C(=O)O)C(C)C)cc1. The number of carbonyl (C=O) groups excluding carboxylic acids is 1. The largest absolute Gasteiger partial charge is 0.480 e. The zero-order chi connectivity index (χ0) is 15.1. The van der Waals surface area contributed by atoms with Crippen molar-refractivity contribution < 1.29 is 14.7 Å². The molecule has 1 rings (SSSR count). The minimum atomic E-state index is -1.01. The van der Waals surface area contributed by atoms with Gasteiger partial charge in [0.2, 0.25) is 0 Å². The number of nitrogens with one attached hydrogen (secondary N) is 1. The van der Waals surface area contributed by atoms with Gasteiger partial charge in [-0.15, -0.1) is 0 Å². The van der Waals surface area contributed by atoms with E-state index in [1.807, 2.05) is 23.9 Å². The first-order chi connectivity index (χ1) is 9.45. The Hall–Kier alpha value is -1.49. The van der Waals surface area contributed by atoms with Crippen LogP contribution in [0.15, 0.2) is 24.3 Å². The van der Waals surface area contributed by atoms with Gasteiger partial charge in [0.05, 0.1) is 0 Å². The van der Waals surface area contributed by atoms with Crippen molar-refractivity contribution in [1.82, 2.24) is 5.32 Å². The second-order valence-electron chi connectivity index (χ2n) is 4.87. The molecule has 1 atom stereocenters. The fourth-order valence-electron chi connectivity index (χ4n) is 1.71. The van der Waals surface area contributed by atoms with Crippen LogP contribution in [0.25, 0.3) is 0 Å². The van der Waals surface area contributed by atoms with Crippen LogP contribution >= 0.6 is 11.8 Å². The molecule has 0 saturated carbocycles. The summed E-state index contributed by atoms with van der Waals surface area (Å²) < 4.78 is 0. The van der Waals surface area contributed by atoms with E-state index in [4.69, 9.17) is 5.11 Å². The Kier molecular flexibility index (Phi) is 6.58. The van der Waals surface area contributed by atoms with E-state index < -0.39 is 12.0 Å². The molecule has 1 amide bonds. The molecular formula is C15H21NO3S. The van der Waals surface area contributed by atoms with Gasteiger partial charge in [0.15, 0.2) is 0 Å². The maximum atomic E-state index is 12.0. The third-order valence-corrected chi connectivity index (χ3v) is 3.85. The van der Waals surface area contributed by atoms with Crippen molar-refractivity contribution in [3.05, 3.63) is 35.4 Å². The summed E-state index contributed by atoms with van der Waals surface area (Å²) in [6.45, 7) is 5.64. The summed E-state index contributed by atoms with van der Waals surface area (Å²) in [6, 6.07) is 6.42. The highest BCUT2D eigenvalue weighted by Gasteiger charge is 2.23. The molecule has 0 radical (unpaired) electrons. The summed E-state index contributed by atoms with van der Waals surface area (Å²) in [4.78, 5) is 23.1. The van der Waals surface area contributed by atoms with Crippen LogP contribution in [-0.2, 0) is 10.5 Å². The third kappa shape index (κ3) is 4.89. The standard InChI is InChI=1S/C15H21NO3S/c1-4-20-9-11-5-7-12(8-6-11)14(17)16-13(10(2)3)15(18)19/h5-8,10,13H,4,9H2,1-3H3,(H,16,17)(H,18,19)/t13-/m1/s1. The Morgan fingerprint density at radius 1 is 1.25 bits per heavy atom. The molecule has 0 spiro atoms. The van der Waals surface area contributed by atoms with Crippen molar-refractivity contribution in [3.8, 4) is 0 Å². The molecule has 0 saturated heterocycles. The monoisotopic (exact) mass is 295 g/mol. The molecule has 0 fully saturated rings. The Morgan fingerprint density at radius 3 is 2.30 bits per heavy atom. The van der Waals surface area contributed by atoms with Crippen LogP contribution in [-0.4, -0.2) is 28.8 Å². The van der Waals surface area contributed by atoms with Crippen molar-refractivity contribution in [2.24, 2.45) is 5.92 Å². The lowest BCUT2D eigenvalue weighted by molar-refractivity contribution is -0.140. The van der Waals surface area contributed by atoms with Crippen molar-refractivity contribution in [2.45, 2.75) is 32.6 Å². The molecule has 0 aromatic heterocycles. The molecule has 110 valence electrons. The normalized spacial score (nSPS) is 12.2. The molecule has 5 heteroatoms. The average Bonchev–Trinajstić information content (AvgIpc) is 2.42. The first-order valence-electron chi connectivity index (χ1n) is 6.66. The Morgan fingerprint density at radius 2 is 1.85 bits per heavy atom. The van der Waals surface area contributed by atoms with Crippen LogP contribution in [0.1, 0.15) is 36.7 Å². The zero-order valence-corrected chi connectivity index (χ0v) is 12.9. The first-order valence-corrected chi connectivity index (χ1v) is 7.81. The minimum absolute atomic E-state index is 0.156. The molecule has 0 heterocycles. The lowest BCUT2D eigenvalue weighted by Gasteiger charge is -2.17. The molecular weight excluding hydrogens is 274 g/mol. The van der Waals surface area contributed by atoms with E-state index in [1.54, 1.807) is 26.0 Å². The number of thioether (sulfide) groups is 1. The first kappa shape index (κ1) is 16.6. The van der Waals surface area contributed by atoms with Crippen molar-refractivity contribution >= 4 is 23.6 Å². The van der Waals surface area contributed by atoms with Gasteiger partial charge in [0, 0.05) is 11.3 Å². The predicted molar refractivity (Wildman–Crippen MR) is 82.0 cm³/mol. The zero-order valence-electron chi connectivity index (χ0n) is 12.1. The van der Waals surface area contributed by atoms with Gasteiger partial charge in [-0.25, -0.2) is 4.79 Å². The van der Waals surface area contributed by atoms with E-state index in [0.29, 0.717) is 5.56 Å². The van der Waals surface area contributed by atoms with Crippen LogP contribution in [0, 0.1) is 5.92 Å². The van der Waals surface area contributed by atoms with Gasteiger partial charge in [-0.3, -0.25) is 4.79 Å². The highest BCUT2D eigenvalue weighted by molar-refractivity contribution is 7.98. The molecule has 0 aliphatic rings. The topological polar surface area (TPSA) is 66.4 Å². The molecule has 4 nitrogen and oxygen atoms in total. The van der Waals surface area contributed by atoms with E-state index in [1.165, 1.54) is 0 Å². The van der Waals surface area contributed by atoms with Crippen LogP contribution in [0.2, 0.25) is 0 Å². The van der Waals surface area contributed by atoms with Crippen LogP contribution in [0.5, 0.6) is 0 Å². The van der Waals surface area contributed by atoms with E-state index in [2.05, 4.69) is 12.2 Å².